The second kappa shape index (κ2) is 5.79. The Kier molecular flexibility index (Phi) is 3.87. The van der Waals surface area contributed by atoms with Crippen LogP contribution in [0.1, 0.15) is 48.7 Å². The maximum absolute atomic E-state index is 5.27. The molecule has 5 nitrogen and oxygen atoms in total. The van der Waals surface area contributed by atoms with Crippen LogP contribution in [-0.4, -0.2) is 26.4 Å². The van der Waals surface area contributed by atoms with Crippen molar-refractivity contribution in [3.05, 3.63) is 35.5 Å². The number of hydrogen-bond donors (Lipinski definition) is 0. The van der Waals surface area contributed by atoms with Crippen LogP contribution in [0.25, 0.3) is 0 Å². The van der Waals surface area contributed by atoms with Gasteiger partial charge in [0.15, 0.2) is 0 Å². The monoisotopic (exact) mass is 274 g/mol. The molecule has 0 bridgehead atoms. The van der Waals surface area contributed by atoms with Crippen LogP contribution in [0, 0.1) is 6.92 Å². The fourth-order valence-corrected chi connectivity index (χ4v) is 3.02. The summed E-state index contributed by atoms with van der Waals surface area (Å²) in [7, 11) is 1.96. The topological polar surface area (TPSA) is 47.1 Å². The third kappa shape index (κ3) is 2.93. The van der Waals surface area contributed by atoms with Gasteiger partial charge in [-0.1, -0.05) is 18.0 Å². The molecule has 1 fully saturated rings. The summed E-state index contributed by atoms with van der Waals surface area (Å²) in [6.07, 6.45) is 9.03. The van der Waals surface area contributed by atoms with Crippen LogP contribution in [-0.2, 0) is 13.6 Å². The van der Waals surface area contributed by atoms with Gasteiger partial charge in [-0.15, -0.1) is 0 Å². The lowest BCUT2D eigenvalue weighted by molar-refractivity contribution is 0.183. The minimum Gasteiger partial charge on any atom is -0.361 e. The summed E-state index contributed by atoms with van der Waals surface area (Å²) in [4.78, 5) is 2.52. The number of aromatic nitrogens is 3. The summed E-state index contributed by atoms with van der Waals surface area (Å²) >= 11 is 0. The van der Waals surface area contributed by atoms with Gasteiger partial charge in [-0.2, -0.15) is 5.10 Å². The molecule has 0 aromatic carbocycles. The van der Waals surface area contributed by atoms with Gasteiger partial charge >= 0.3 is 0 Å². The van der Waals surface area contributed by atoms with Crippen LogP contribution >= 0.6 is 0 Å². The van der Waals surface area contributed by atoms with Crippen molar-refractivity contribution in [2.45, 2.75) is 45.2 Å². The predicted molar refractivity (Wildman–Crippen MR) is 76.1 cm³/mol. The molecule has 1 atom stereocenters. The van der Waals surface area contributed by atoms with Crippen LogP contribution in [0.15, 0.2) is 23.0 Å². The van der Waals surface area contributed by atoms with Crippen molar-refractivity contribution in [3.8, 4) is 0 Å². The molecule has 2 aromatic heterocycles. The first-order chi connectivity index (χ1) is 9.72. The second-order valence-corrected chi connectivity index (χ2v) is 5.72. The van der Waals surface area contributed by atoms with Gasteiger partial charge in [0.2, 0.25) is 0 Å². The van der Waals surface area contributed by atoms with E-state index in [9.17, 15) is 0 Å². The summed E-state index contributed by atoms with van der Waals surface area (Å²) in [5.41, 5.74) is 2.34. The van der Waals surface area contributed by atoms with Gasteiger partial charge in [-0.05, 0) is 26.3 Å². The molecule has 108 valence electrons. The zero-order chi connectivity index (χ0) is 13.9. The van der Waals surface area contributed by atoms with Crippen LogP contribution in [0.4, 0.5) is 0 Å². The maximum Gasteiger partial charge on any atom is 0.133 e. The Labute approximate surface area is 119 Å². The van der Waals surface area contributed by atoms with E-state index in [0.29, 0.717) is 6.04 Å². The third-order valence-corrected chi connectivity index (χ3v) is 4.00. The van der Waals surface area contributed by atoms with Crippen LogP contribution in [0.2, 0.25) is 0 Å². The number of rotatable bonds is 3. The van der Waals surface area contributed by atoms with Crippen molar-refractivity contribution in [2.24, 2.45) is 7.05 Å². The quantitative estimate of drug-likeness (QED) is 0.863. The molecule has 0 aliphatic carbocycles. The molecule has 5 heteroatoms. The van der Waals surface area contributed by atoms with E-state index in [4.69, 9.17) is 4.52 Å². The van der Waals surface area contributed by atoms with Crippen LogP contribution in [0.3, 0.4) is 0 Å². The standard InChI is InChI=1S/C15H22N4O/c1-12-8-14(17-20-12)15-6-4-3-5-7-19(15)11-13-9-16-18(2)10-13/h8-10,15H,3-7,11H2,1-2H3. The van der Waals surface area contributed by atoms with Crippen LogP contribution in [0.5, 0.6) is 0 Å². The van der Waals surface area contributed by atoms with E-state index in [1.54, 1.807) is 0 Å². The average Bonchev–Trinajstić information content (AvgIpc) is 2.95. The molecule has 1 aliphatic rings. The predicted octanol–water partition coefficient (Wildman–Crippen LogP) is 2.83. The fraction of sp³-hybridized carbons (Fsp3) is 0.600. The van der Waals surface area contributed by atoms with Crippen molar-refractivity contribution >= 4 is 0 Å². The highest BCUT2D eigenvalue weighted by Crippen LogP contribution is 2.30. The lowest BCUT2D eigenvalue weighted by Crippen LogP contribution is -2.28. The van der Waals surface area contributed by atoms with E-state index < -0.39 is 0 Å². The Hall–Kier alpha value is -1.62. The summed E-state index contributed by atoms with van der Waals surface area (Å²) in [6, 6.07) is 2.45. The van der Waals surface area contributed by atoms with Crippen molar-refractivity contribution < 1.29 is 4.52 Å². The number of likely N-dealkylation sites (tertiary alicyclic amines) is 1. The highest BCUT2D eigenvalue weighted by molar-refractivity contribution is 5.11. The molecule has 3 rings (SSSR count). The Morgan fingerprint density at radius 3 is 2.95 bits per heavy atom. The van der Waals surface area contributed by atoms with Crippen molar-refractivity contribution in [1.29, 1.82) is 0 Å². The number of hydrogen-bond acceptors (Lipinski definition) is 4. The van der Waals surface area contributed by atoms with Crippen molar-refractivity contribution in [1.82, 2.24) is 19.8 Å². The van der Waals surface area contributed by atoms with Crippen molar-refractivity contribution in [2.75, 3.05) is 6.54 Å². The van der Waals surface area contributed by atoms with Gasteiger partial charge in [-0.25, -0.2) is 0 Å². The summed E-state index contributed by atoms with van der Waals surface area (Å²) in [5.74, 6) is 0.894. The van der Waals surface area contributed by atoms with Gasteiger partial charge in [0.05, 0.1) is 12.2 Å². The summed E-state index contributed by atoms with van der Waals surface area (Å²) in [6.45, 7) is 4.01. The molecule has 0 amide bonds. The molecular weight excluding hydrogens is 252 g/mol. The van der Waals surface area contributed by atoms with Gasteiger partial charge in [0.25, 0.3) is 0 Å². The van der Waals surface area contributed by atoms with Gasteiger partial charge < -0.3 is 4.52 Å². The zero-order valence-corrected chi connectivity index (χ0v) is 12.2. The summed E-state index contributed by atoms with van der Waals surface area (Å²) < 4.78 is 7.13. The van der Waals surface area contributed by atoms with E-state index in [1.807, 2.05) is 24.9 Å². The second-order valence-electron chi connectivity index (χ2n) is 5.72. The lowest BCUT2D eigenvalue weighted by Gasteiger charge is -2.27. The molecular formula is C15H22N4O. The zero-order valence-electron chi connectivity index (χ0n) is 12.2. The molecule has 1 aliphatic heterocycles. The van der Waals surface area contributed by atoms with Gasteiger partial charge in [0.1, 0.15) is 11.5 Å². The summed E-state index contributed by atoms with van der Waals surface area (Å²) in [5, 5.41) is 8.50. The molecule has 2 aromatic rings. The molecule has 0 N–H and O–H groups in total. The average molecular weight is 274 g/mol. The normalized spacial score (nSPS) is 21.0. The maximum atomic E-state index is 5.27. The highest BCUT2D eigenvalue weighted by atomic mass is 16.5. The third-order valence-electron chi connectivity index (χ3n) is 4.00. The molecule has 0 radical (unpaired) electrons. The van der Waals surface area contributed by atoms with E-state index >= 15 is 0 Å². The Balaban J connectivity index is 1.80. The van der Waals surface area contributed by atoms with E-state index in [1.165, 1.54) is 24.8 Å². The van der Waals surface area contributed by atoms with E-state index in [0.717, 1.165) is 31.0 Å². The number of nitrogens with zero attached hydrogens (tertiary/aromatic N) is 4. The van der Waals surface area contributed by atoms with E-state index in [-0.39, 0.29) is 0 Å². The lowest BCUT2D eigenvalue weighted by atomic mass is 10.1. The molecule has 1 saturated heterocycles. The minimum absolute atomic E-state index is 0.371. The Morgan fingerprint density at radius 2 is 2.25 bits per heavy atom. The Morgan fingerprint density at radius 1 is 1.35 bits per heavy atom. The van der Waals surface area contributed by atoms with Crippen LogP contribution < -0.4 is 0 Å². The van der Waals surface area contributed by atoms with Gasteiger partial charge in [-0.3, -0.25) is 9.58 Å². The van der Waals surface area contributed by atoms with E-state index in [2.05, 4.69) is 27.4 Å². The highest BCUT2D eigenvalue weighted by Gasteiger charge is 2.25. The fourth-order valence-electron chi connectivity index (χ4n) is 3.02. The SMILES string of the molecule is Cc1cc(C2CCCCCN2Cc2cnn(C)c2)no1. The first-order valence-electron chi connectivity index (χ1n) is 7.37. The van der Waals surface area contributed by atoms with Crippen molar-refractivity contribution in [3.63, 3.8) is 0 Å². The first-order valence-corrected chi connectivity index (χ1v) is 7.37. The molecule has 0 saturated carbocycles. The molecule has 1 unspecified atom stereocenters. The molecule has 3 heterocycles. The largest absolute Gasteiger partial charge is 0.361 e. The molecule has 20 heavy (non-hydrogen) atoms. The molecule has 0 spiro atoms. The first kappa shape index (κ1) is 13.4. The Bertz CT molecular complexity index is 560. The smallest absolute Gasteiger partial charge is 0.133 e. The number of aryl methyl sites for hydroxylation is 2. The van der Waals surface area contributed by atoms with Gasteiger partial charge in [0, 0.05) is 31.4 Å². The minimum atomic E-state index is 0.371.